The van der Waals surface area contributed by atoms with E-state index in [1.807, 2.05) is 36.2 Å². The summed E-state index contributed by atoms with van der Waals surface area (Å²) in [6, 6.07) is 9.25. The lowest BCUT2D eigenvalue weighted by molar-refractivity contribution is -0.130. The zero-order valence-corrected chi connectivity index (χ0v) is 16.1. The zero-order valence-electron chi connectivity index (χ0n) is 16.1. The van der Waals surface area contributed by atoms with Gasteiger partial charge in [0.05, 0.1) is 6.42 Å². The van der Waals surface area contributed by atoms with E-state index in [1.165, 1.54) is 0 Å². The van der Waals surface area contributed by atoms with Gasteiger partial charge in [-0.05, 0) is 30.8 Å². The molecular formula is C20H26N6O2. The molecule has 148 valence electrons. The second-order valence-electron chi connectivity index (χ2n) is 6.69. The van der Waals surface area contributed by atoms with E-state index in [0.29, 0.717) is 38.4 Å². The number of nitrogens with zero attached hydrogens (tertiary/aromatic N) is 4. The van der Waals surface area contributed by atoms with Gasteiger partial charge >= 0.3 is 0 Å². The molecule has 1 aromatic heterocycles. The molecule has 1 aliphatic heterocycles. The molecule has 0 unspecified atom stereocenters. The van der Waals surface area contributed by atoms with Gasteiger partial charge in [-0.25, -0.2) is 9.97 Å². The van der Waals surface area contributed by atoms with Crippen LogP contribution in [0.5, 0.6) is 0 Å². The van der Waals surface area contributed by atoms with Crippen molar-refractivity contribution in [1.82, 2.24) is 20.2 Å². The van der Waals surface area contributed by atoms with Gasteiger partial charge in [0, 0.05) is 57.2 Å². The number of carbonyl (C=O) groups is 2. The van der Waals surface area contributed by atoms with Crippen LogP contribution in [0.2, 0.25) is 0 Å². The Kier molecular flexibility index (Phi) is 6.91. The van der Waals surface area contributed by atoms with Crippen molar-refractivity contribution in [3.63, 3.8) is 0 Å². The summed E-state index contributed by atoms with van der Waals surface area (Å²) in [5.41, 5.74) is 1.68. The van der Waals surface area contributed by atoms with Crippen molar-refractivity contribution in [2.75, 3.05) is 50.0 Å². The summed E-state index contributed by atoms with van der Waals surface area (Å²) in [6.45, 7) is 3.43. The van der Waals surface area contributed by atoms with Gasteiger partial charge in [0.15, 0.2) is 0 Å². The Balaban J connectivity index is 1.46. The highest BCUT2D eigenvalue weighted by atomic mass is 16.2. The van der Waals surface area contributed by atoms with Crippen molar-refractivity contribution >= 4 is 23.5 Å². The quantitative estimate of drug-likeness (QED) is 0.740. The maximum absolute atomic E-state index is 12.6. The van der Waals surface area contributed by atoms with Crippen LogP contribution in [0.3, 0.4) is 0 Å². The fraction of sp³-hybridized carbons (Fsp3) is 0.400. The molecule has 1 saturated heterocycles. The maximum Gasteiger partial charge on any atom is 0.227 e. The van der Waals surface area contributed by atoms with E-state index in [2.05, 4.69) is 25.5 Å². The molecule has 28 heavy (non-hydrogen) atoms. The van der Waals surface area contributed by atoms with E-state index in [4.69, 9.17) is 0 Å². The SMILES string of the molecule is CNCCC(=O)Nc1ccc(CC(=O)N2CCN(c3ncccn3)CC2)cc1. The molecule has 1 fully saturated rings. The lowest BCUT2D eigenvalue weighted by Crippen LogP contribution is -2.49. The molecule has 1 aromatic carbocycles. The lowest BCUT2D eigenvalue weighted by Gasteiger charge is -2.34. The van der Waals surface area contributed by atoms with Gasteiger partial charge < -0.3 is 20.4 Å². The number of hydrogen-bond acceptors (Lipinski definition) is 6. The fourth-order valence-corrected chi connectivity index (χ4v) is 3.06. The molecule has 0 bridgehead atoms. The Morgan fingerprint density at radius 1 is 1.04 bits per heavy atom. The fourth-order valence-electron chi connectivity index (χ4n) is 3.06. The summed E-state index contributed by atoms with van der Waals surface area (Å²) in [6.07, 6.45) is 4.24. The number of benzene rings is 1. The normalized spacial score (nSPS) is 14.0. The number of hydrogen-bond donors (Lipinski definition) is 2. The highest BCUT2D eigenvalue weighted by Crippen LogP contribution is 2.14. The standard InChI is InChI=1S/C20H26N6O2/c1-21-10-7-18(27)24-17-5-3-16(4-6-17)15-19(28)25-11-13-26(14-12-25)20-22-8-2-9-23-20/h2-6,8-9,21H,7,10-15H2,1H3,(H,24,27). The van der Waals surface area contributed by atoms with E-state index < -0.39 is 0 Å². The van der Waals surface area contributed by atoms with Crippen LogP contribution in [0.25, 0.3) is 0 Å². The highest BCUT2D eigenvalue weighted by molar-refractivity contribution is 5.90. The number of piperazine rings is 1. The van der Waals surface area contributed by atoms with E-state index in [0.717, 1.165) is 24.3 Å². The molecule has 8 heteroatoms. The Hall–Kier alpha value is -3.00. The van der Waals surface area contributed by atoms with E-state index in [1.54, 1.807) is 18.5 Å². The van der Waals surface area contributed by atoms with Crippen molar-refractivity contribution in [3.05, 3.63) is 48.3 Å². The number of anilines is 2. The third kappa shape index (κ3) is 5.50. The third-order valence-electron chi connectivity index (χ3n) is 4.66. The van der Waals surface area contributed by atoms with Crippen LogP contribution in [0.15, 0.2) is 42.7 Å². The molecule has 3 rings (SSSR count). The number of nitrogens with one attached hydrogen (secondary N) is 2. The molecule has 1 aliphatic rings. The van der Waals surface area contributed by atoms with Crippen LogP contribution in [-0.4, -0.2) is 66.5 Å². The second kappa shape index (κ2) is 9.80. The van der Waals surface area contributed by atoms with E-state index >= 15 is 0 Å². The van der Waals surface area contributed by atoms with Crippen LogP contribution in [0.4, 0.5) is 11.6 Å². The molecule has 0 atom stereocenters. The second-order valence-corrected chi connectivity index (χ2v) is 6.69. The van der Waals surface area contributed by atoms with Gasteiger partial charge in [-0.2, -0.15) is 0 Å². The van der Waals surface area contributed by atoms with Crippen molar-refractivity contribution in [2.24, 2.45) is 0 Å². The van der Waals surface area contributed by atoms with Crippen molar-refractivity contribution in [3.8, 4) is 0 Å². The lowest BCUT2D eigenvalue weighted by atomic mass is 10.1. The number of rotatable bonds is 7. The van der Waals surface area contributed by atoms with Crippen LogP contribution in [0, 0.1) is 0 Å². The summed E-state index contributed by atoms with van der Waals surface area (Å²) >= 11 is 0. The molecular weight excluding hydrogens is 356 g/mol. The summed E-state index contributed by atoms with van der Waals surface area (Å²) in [5.74, 6) is 0.792. The van der Waals surface area contributed by atoms with Crippen LogP contribution < -0.4 is 15.5 Å². The molecule has 0 radical (unpaired) electrons. The first kappa shape index (κ1) is 19.8. The zero-order chi connectivity index (χ0) is 19.8. The van der Waals surface area contributed by atoms with Crippen LogP contribution in [0.1, 0.15) is 12.0 Å². The summed E-state index contributed by atoms with van der Waals surface area (Å²) < 4.78 is 0. The van der Waals surface area contributed by atoms with Crippen molar-refractivity contribution in [2.45, 2.75) is 12.8 Å². The molecule has 2 heterocycles. The predicted octanol–water partition coefficient (Wildman–Crippen LogP) is 0.916. The van der Waals surface area contributed by atoms with Crippen LogP contribution in [-0.2, 0) is 16.0 Å². The maximum atomic E-state index is 12.6. The van der Waals surface area contributed by atoms with Crippen molar-refractivity contribution in [1.29, 1.82) is 0 Å². The van der Waals surface area contributed by atoms with Crippen molar-refractivity contribution < 1.29 is 9.59 Å². The van der Waals surface area contributed by atoms with Crippen LogP contribution >= 0.6 is 0 Å². The highest BCUT2D eigenvalue weighted by Gasteiger charge is 2.22. The minimum absolute atomic E-state index is 0.0292. The average molecular weight is 382 g/mol. The Bertz CT molecular complexity index is 773. The number of carbonyl (C=O) groups excluding carboxylic acids is 2. The molecule has 2 amide bonds. The molecule has 0 saturated carbocycles. The number of amides is 2. The Labute approximate surface area is 165 Å². The van der Waals surface area contributed by atoms with Gasteiger partial charge in [0.25, 0.3) is 0 Å². The largest absolute Gasteiger partial charge is 0.339 e. The summed E-state index contributed by atoms with van der Waals surface area (Å²) in [5, 5.41) is 5.79. The molecule has 2 aromatic rings. The summed E-state index contributed by atoms with van der Waals surface area (Å²) in [4.78, 5) is 36.8. The topological polar surface area (TPSA) is 90.5 Å². The van der Waals surface area contributed by atoms with Gasteiger partial charge in [-0.15, -0.1) is 0 Å². The predicted molar refractivity (Wildman–Crippen MR) is 108 cm³/mol. The van der Waals surface area contributed by atoms with Gasteiger partial charge in [0.2, 0.25) is 17.8 Å². The third-order valence-corrected chi connectivity index (χ3v) is 4.66. The van der Waals surface area contributed by atoms with Gasteiger partial charge in [-0.3, -0.25) is 9.59 Å². The summed E-state index contributed by atoms with van der Waals surface area (Å²) in [7, 11) is 1.81. The Morgan fingerprint density at radius 3 is 2.36 bits per heavy atom. The van der Waals surface area contributed by atoms with Gasteiger partial charge in [0.1, 0.15) is 0 Å². The molecule has 0 aliphatic carbocycles. The smallest absolute Gasteiger partial charge is 0.227 e. The first-order chi connectivity index (χ1) is 13.7. The van der Waals surface area contributed by atoms with E-state index in [-0.39, 0.29) is 11.8 Å². The first-order valence-corrected chi connectivity index (χ1v) is 9.49. The average Bonchev–Trinajstić information content (AvgIpc) is 2.74. The number of aromatic nitrogens is 2. The van der Waals surface area contributed by atoms with E-state index in [9.17, 15) is 9.59 Å². The molecule has 2 N–H and O–H groups in total. The Morgan fingerprint density at radius 2 is 1.71 bits per heavy atom. The minimum atomic E-state index is -0.0292. The van der Waals surface area contributed by atoms with Gasteiger partial charge in [-0.1, -0.05) is 12.1 Å². The minimum Gasteiger partial charge on any atom is -0.339 e. The molecule has 0 spiro atoms. The molecule has 8 nitrogen and oxygen atoms in total. The first-order valence-electron chi connectivity index (χ1n) is 9.49. The monoisotopic (exact) mass is 382 g/mol.